The topological polar surface area (TPSA) is 46.6 Å². The third-order valence-electron chi connectivity index (χ3n) is 2.60. The number of methoxy groups -OCH3 is 2. The minimum Gasteiger partial charge on any atom is -0.383 e. The van der Waals surface area contributed by atoms with Gasteiger partial charge in [0.2, 0.25) is 0 Å². The summed E-state index contributed by atoms with van der Waals surface area (Å²) in [6, 6.07) is 0. The maximum Gasteiger partial charge on any atom is 0.185 e. The van der Waals surface area contributed by atoms with Crippen LogP contribution in [0, 0.1) is 0 Å². The van der Waals surface area contributed by atoms with Gasteiger partial charge in [-0.15, -0.1) is 11.3 Å². The monoisotopic (exact) mass is 273 g/mol. The van der Waals surface area contributed by atoms with Crippen LogP contribution in [0.5, 0.6) is 0 Å². The first-order valence-corrected chi connectivity index (χ1v) is 6.94. The number of aromatic nitrogens is 1. The molecule has 0 radical (unpaired) electrons. The summed E-state index contributed by atoms with van der Waals surface area (Å²) in [7, 11) is 5.36. The molecule has 104 valence electrons. The van der Waals surface area contributed by atoms with Crippen LogP contribution in [0.15, 0.2) is 0 Å². The van der Waals surface area contributed by atoms with E-state index in [1.165, 1.54) is 4.88 Å². The lowest BCUT2D eigenvalue weighted by Gasteiger charge is -2.18. The van der Waals surface area contributed by atoms with Crippen LogP contribution in [0.2, 0.25) is 0 Å². The van der Waals surface area contributed by atoms with Gasteiger partial charge >= 0.3 is 0 Å². The molecule has 0 aliphatic carbocycles. The molecule has 18 heavy (non-hydrogen) atoms. The summed E-state index contributed by atoms with van der Waals surface area (Å²) in [6.07, 6.45) is 0. The van der Waals surface area contributed by atoms with Gasteiger partial charge in [-0.3, -0.25) is 0 Å². The maximum atomic E-state index is 5.20. The van der Waals surface area contributed by atoms with Crippen molar-refractivity contribution in [1.29, 1.82) is 0 Å². The lowest BCUT2D eigenvalue weighted by atomic mass is 10.4. The molecule has 0 aliphatic heterocycles. The fourth-order valence-corrected chi connectivity index (χ4v) is 2.81. The van der Waals surface area contributed by atoms with Crippen molar-refractivity contribution in [2.45, 2.75) is 20.1 Å². The van der Waals surface area contributed by atoms with Gasteiger partial charge < -0.3 is 19.7 Å². The van der Waals surface area contributed by atoms with Crippen molar-refractivity contribution in [1.82, 2.24) is 10.3 Å². The number of nitrogens with zero attached hydrogens (tertiary/aromatic N) is 2. The fourth-order valence-electron chi connectivity index (χ4n) is 1.64. The highest BCUT2D eigenvalue weighted by molar-refractivity contribution is 7.15. The average molecular weight is 273 g/mol. The molecule has 5 nitrogen and oxygen atoms in total. The molecule has 0 amide bonds. The molecule has 0 saturated carbocycles. The number of hydrogen-bond donors (Lipinski definition) is 1. The summed E-state index contributed by atoms with van der Waals surface area (Å²) in [5.74, 6) is 0. The van der Waals surface area contributed by atoms with Gasteiger partial charge in [0.15, 0.2) is 5.13 Å². The van der Waals surface area contributed by atoms with E-state index < -0.39 is 0 Å². The van der Waals surface area contributed by atoms with Crippen molar-refractivity contribution in [3.8, 4) is 0 Å². The number of thiazole rings is 1. The quantitative estimate of drug-likeness (QED) is 0.738. The molecule has 0 spiro atoms. The van der Waals surface area contributed by atoms with E-state index in [4.69, 9.17) is 9.47 Å². The van der Waals surface area contributed by atoms with Crippen LogP contribution in [0.3, 0.4) is 0 Å². The van der Waals surface area contributed by atoms with Crippen LogP contribution in [0.4, 0.5) is 5.13 Å². The van der Waals surface area contributed by atoms with Gasteiger partial charge in [0, 0.05) is 38.7 Å². The molecule has 1 heterocycles. The van der Waals surface area contributed by atoms with Crippen LogP contribution >= 0.6 is 11.3 Å². The van der Waals surface area contributed by atoms with Crippen LogP contribution in [-0.4, -0.2) is 45.9 Å². The summed E-state index contributed by atoms with van der Waals surface area (Å²) in [5, 5.41) is 4.22. The van der Waals surface area contributed by atoms with Crippen molar-refractivity contribution < 1.29 is 9.47 Å². The molecular formula is C12H23N3O2S. The summed E-state index contributed by atoms with van der Waals surface area (Å²) in [5.41, 5.74) is 1.03. The van der Waals surface area contributed by atoms with E-state index in [0.29, 0.717) is 13.2 Å². The Balaban J connectivity index is 2.82. The van der Waals surface area contributed by atoms with E-state index in [1.54, 1.807) is 25.6 Å². The Kier molecular flexibility index (Phi) is 7.19. The van der Waals surface area contributed by atoms with Crippen LogP contribution in [0.1, 0.15) is 17.5 Å². The number of rotatable bonds is 9. The Morgan fingerprint density at radius 3 is 2.67 bits per heavy atom. The van der Waals surface area contributed by atoms with Crippen LogP contribution < -0.4 is 10.2 Å². The van der Waals surface area contributed by atoms with Gasteiger partial charge in [0.05, 0.1) is 18.9 Å². The minimum absolute atomic E-state index is 0.565. The molecular weight excluding hydrogens is 250 g/mol. The molecule has 0 aliphatic rings. The predicted molar refractivity (Wildman–Crippen MR) is 75.4 cm³/mol. The number of likely N-dealkylation sites (N-methyl/N-ethyl adjacent to an activating group) is 1. The van der Waals surface area contributed by atoms with Gasteiger partial charge in [-0.1, -0.05) is 0 Å². The SMILES string of the molecule is CCN(CCOC)c1nc(COC)c(CNC)s1. The van der Waals surface area contributed by atoms with Crippen molar-refractivity contribution in [2.24, 2.45) is 0 Å². The van der Waals surface area contributed by atoms with Gasteiger partial charge in [0.1, 0.15) is 0 Å². The first kappa shape index (κ1) is 15.4. The lowest BCUT2D eigenvalue weighted by molar-refractivity contribution is 0.181. The highest BCUT2D eigenvalue weighted by Gasteiger charge is 2.14. The molecule has 1 N–H and O–H groups in total. The number of hydrogen-bond acceptors (Lipinski definition) is 6. The smallest absolute Gasteiger partial charge is 0.185 e. The zero-order valence-corrected chi connectivity index (χ0v) is 12.5. The second-order valence-electron chi connectivity index (χ2n) is 3.90. The van der Waals surface area contributed by atoms with Crippen LogP contribution in [-0.2, 0) is 22.6 Å². The van der Waals surface area contributed by atoms with Gasteiger partial charge in [-0.25, -0.2) is 4.98 Å². The molecule has 1 rings (SSSR count). The molecule has 0 fully saturated rings. The zero-order chi connectivity index (χ0) is 13.4. The first-order chi connectivity index (χ1) is 8.76. The second-order valence-corrected chi connectivity index (χ2v) is 4.96. The zero-order valence-electron chi connectivity index (χ0n) is 11.7. The minimum atomic E-state index is 0.565. The van der Waals surface area contributed by atoms with E-state index in [1.807, 2.05) is 7.05 Å². The summed E-state index contributed by atoms with van der Waals surface area (Å²) < 4.78 is 10.3. The number of nitrogens with one attached hydrogen (secondary N) is 1. The van der Waals surface area contributed by atoms with E-state index in [-0.39, 0.29) is 0 Å². The largest absolute Gasteiger partial charge is 0.383 e. The summed E-state index contributed by atoms with van der Waals surface area (Å²) >= 11 is 1.72. The molecule has 1 aromatic rings. The second kappa shape index (κ2) is 8.42. The molecule has 0 atom stereocenters. The normalized spacial score (nSPS) is 10.9. The van der Waals surface area contributed by atoms with Gasteiger partial charge in [-0.05, 0) is 14.0 Å². The molecule has 0 saturated heterocycles. The Morgan fingerprint density at radius 2 is 2.11 bits per heavy atom. The standard InChI is InChI=1S/C12H23N3O2S/c1-5-15(6-7-16-3)12-14-10(9-17-4)11(18-12)8-13-2/h13H,5-9H2,1-4H3. The van der Waals surface area contributed by atoms with E-state index in [2.05, 4.69) is 22.1 Å². The molecule has 0 unspecified atom stereocenters. The predicted octanol–water partition coefficient (Wildman–Crippen LogP) is 1.48. The Hall–Kier alpha value is -0.690. The molecule has 6 heteroatoms. The number of anilines is 1. The Morgan fingerprint density at radius 1 is 1.33 bits per heavy atom. The van der Waals surface area contributed by atoms with Crippen molar-refractivity contribution in [2.75, 3.05) is 45.9 Å². The summed E-state index contributed by atoms with van der Waals surface area (Å²) in [4.78, 5) is 8.14. The average Bonchev–Trinajstić information content (AvgIpc) is 2.75. The third-order valence-corrected chi connectivity index (χ3v) is 3.76. The number of ether oxygens (including phenoxy) is 2. The van der Waals surface area contributed by atoms with Crippen LogP contribution in [0.25, 0.3) is 0 Å². The van der Waals surface area contributed by atoms with Gasteiger partial charge in [-0.2, -0.15) is 0 Å². The highest BCUT2D eigenvalue weighted by Crippen LogP contribution is 2.26. The Bertz CT molecular complexity index is 321. The van der Waals surface area contributed by atoms with Crippen molar-refractivity contribution in [3.05, 3.63) is 10.6 Å². The van der Waals surface area contributed by atoms with Crippen molar-refractivity contribution in [3.63, 3.8) is 0 Å². The first-order valence-electron chi connectivity index (χ1n) is 6.12. The van der Waals surface area contributed by atoms with Crippen molar-refractivity contribution >= 4 is 16.5 Å². The molecule has 0 aromatic carbocycles. The fraction of sp³-hybridized carbons (Fsp3) is 0.750. The highest BCUT2D eigenvalue weighted by atomic mass is 32.1. The summed E-state index contributed by atoms with van der Waals surface area (Å²) in [6.45, 7) is 6.04. The van der Waals surface area contributed by atoms with E-state index >= 15 is 0 Å². The maximum absolute atomic E-state index is 5.20. The lowest BCUT2D eigenvalue weighted by Crippen LogP contribution is -2.26. The van der Waals surface area contributed by atoms with E-state index in [9.17, 15) is 0 Å². The molecule has 1 aromatic heterocycles. The Labute approximate surface area is 113 Å². The van der Waals surface area contributed by atoms with E-state index in [0.717, 1.165) is 30.5 Å². The third kappa shape index (κ3) is 4.20. The van der Waals surface area contributed by atoms with Gasteiger partial charge in [0.25, 0.3) is 0 Å². The molecule has 0 bridgehead atoms.